The molecule has 4 atom stereocenters. The molecule has 3 aliphatic rings. The molecule has 3 unspecified atom stereocenters. The van der Waals surface area contributed by atoms with Gasteiger partial charge in [0.2, 0.25) is 0 Å². The molecule has 3 fully saturated rings. The van der Waals surface area contributed by atoms with Crippen molar-refractivity contribution >= 4 is 5.91 Å². The number of piperidine rings is 1. The molecule has 0 spiro atoms. The van der Waals surface area contributed by atoms with Gasteiger partial charge in [-0.1, -0.05) is 88.2 Å². The number of nitrogens with zero attached hydrogens (tertiary/aromatic N) is 1. The van der Waals surface area contributed by atoms with E-state index in [2.05, 4.69) is 55.3 Å². The van der Waals surface area contributed by atoms with Crippen LogP contribution in [0.2, 0.25) is 0 Å². The predicted octanol–water partition coefficient (Wildman–Crippen LogP) is 4.61. The molecule has 1 heterocycles. The number of nitrogens with one attached hydrogen (secondary N) is 1. The molecule has 4 heteroatoms. The fraction of sp³-hybridized carbons (Fsp3) is 0.552. The first-order chi connectivity index (χ1) is 15.8. The van der Waals surface area contributed by atoms with Gasteiger partial charge in [0.25, 0.3) is 5.91 Å². The van der Waals surface area contributed by atoms with E-state index in [4.69, 9.17) is 0 Å². The van der Waals surface area contributed by atoms with Crippen LogP contribution >= 0.6 is 0 Å². The largest absolute Gasteiger partial charge is 0.375 e. The zero-order chi connectivity index (χ0) is 23.2. The molecule has 2 aromatic rings. The average Bonchev–Trinajstić information content (AvgIpc) is 3.21. The maximum Gasteiger partial charge on any atom is 0.257 e. The molecular formula is C29H38N2O2. The Kier molecular flexibility index (Phi) is 5.86. The SMILES string of the molecule is CC(C)(C)c1ccc(CN2CC3C(NC(=O)C(O)(c4ccccc4)C4CCCC4)[C@H]3C2)cc1. The summed E-state index contributed by atoms with van der Waals surface area (Å²) >= 11 is 0. The number of fused-ring (bicyclic) bond motifs is 1. The van der Waals surface area contributed by atoms with E-state index >= 15 is 0 Å². The Labute approximate surface area is 198 Å². The molecule has 1 aliphatic heterocycles. The molecule has 2 aliphatic carbocycles. The minimum Gasteiger partial charge on any atom is -0.375 e. The first-order valence-corrected chi connectivity index (χ1v) is 12.7. The summed E-state index contributed by atoms with van der Waals surface area (Å²) in [5, 5.41) is 15.0. The van der Waals surface area contributed by atoms with Crippen LogP contribution in [0, 0.1) is 17.8 Å². The van der Waals surface area contributed by atoms with E-state index in [-0.39, 0.29) is 23.3 Å². The summed E-state index contributed by atoms with van der Waals surface area (Å²) in [6.45, 7) is 9.74. The van der Waals surface area contributed by atoms with Gasteiger partial charge < -0.3 is 10.4 Å². The standard InChI is InChI=1S/C29H38N2O2/c1-28(2,3)21-15-13-20(14-16-21)17-31-18-24-25(19-31)26(24)30-27(32)29(33,23-11-7-8-12-23)22-9-5-4-6-10-22/h4-6,9-10,13-16,23-26,33H,7-8,11-12,17-19H2,1-3H3,(H,30,32)/t24-,25?,26?,29?/m0/s1. The maximum atomic E-state index is 13.4. The van der Waals surface area contributed by atoms with Crippen LogP contribution in [-0.4, -0.2) is 35.0 Å². The van der Waals surface area contributed by atoms with Crippen LogP contribution in [0.3, 0.4) is 0 Å². The second-order valence-corrected chi connectivity index (χ2v) is 11.6. The molecule has 0 bridgehead atoms. The van der Waals surface area contributed by atoms with Crippen molar-refractivity contribution in [3.63, 3.8) is 0 Å². The molecular weight excluding hydrogens is 408 g/mol. The van der Waals surface area contributed by atoms with Crippen molar-refractivity contribution in [2.45, 2.75) is 70.1 Å². The molecule has 0 radical (unpaired) electrons. The van der Waals surface area contributed by atoms with E-state index in [0.717, 1.165) is 50.9 Å². The Morgan fingerprint density at radius 3 is 2.12 bits per heavy atom. The summed E-state index contributed by atoms with van der Waals surface area (Å²) in [5.74, 6) is 0.827. The highest BCUT2D eigenvalue weighted by Gasteiger charge is 2.58. The summed E-state index contributed by atoms with van der Waals surface area (Å²) in [6.07, 6.45) is 4.01. The number of carbonyl (C=O) groups is 1. The van der Waals surface area contributed by atoms with Crippen molar-refractivity contribution in [3.8, 4) is 0 Å². The first-order valence-electron chi connectivity index (χ1n) is 12.7. The summed E-state index contributed by atoms with van der Waals surface area (Å²) < 4.78 is 0. The highest BCUT2D eigenvalue weighted by Crippen LogP contribution is 2.47. The first kappa shape index (κ1) is 22.6. The minimum absolute atomic E-state index is 0.00561. The monoisotopic (exact) mass is 446 g/mol. The molecule has 4 nitrogen and oxygen atoms in total. The molecule has 2 N–H and O–H groups in total. The van der Waals surface area contributed by atoms with E-state index in [9.17, 15) is 9.90 Å². The minimum atomic E-state index is -1.41. The smallest absolute Gasteiger partial charge is 0.257 e. The van der Waals surface area contributed by atoms with Crippen molar-refractivity contribution in [3.05, 3.63) is 71.3 Å². The summed E-state index contributed by atoms with van der Waals surface area (Å²) in [5.41, 5.74) is 2.22. The third kappa shape index (κ3) is 4.36. The third-order valence-electron chi connectivity index (χ3n) is 8.30. The van der Waals surface area contributed by atoms with Gasteiger partial charge in [0.15, 0.2) is 5.60 Å². The van der Waals surface area contributed by atoms with Gasteiger partial charge in [-0.25, -0.2) is 0 Å². The fourth-order valence-corrected chi connectivity index (χ4v) is 6.17. The summed E-state index contributed by atoms with van der Waals surface area (Å²) in [7, 11) is 0. The van der Waals surface area contributed by atoms with E-state index in [1.165, 1.54) is 11.1 Å². The second kappa shape index (κ2) is 8.56. The van der Waals surface area contributed by atoms with E-state index in [1.807, 2.05) is 30.3 Å². The van der Waals surface area contributed by atoms with E-state index in [1.54, 1.807) is 0 Å². The van der Waals surface area contributed by atoms with Gasteiger partial charge in [-0.2, -0.15) is 0 Å². The molecule has 1 saturated heterocycles. The predicted molar refractivity (Wildman–Crippen MR) is 132 cm³/mol. The topological polar surface area (TPSA) is 52.6 Å². The Bertz CT molecular complexity index is 963. The lowest BCUT2D eigenvalue weighted by molar-refractivity contribution is -0.147. The van der Waals surface area contributed by atoms with Gasteiger partial charge in [-0.05, 0) is 46.8 Å². The third-order valence-corrected chi connectivity index (χ3v) is 8.30. The fourth-order valence-electron chi connectivity index (χ4n) is 6.17. The Morgan fingerprint density at radius 2 is 1.55 bits per heavy atom. The molecule has 5 rings (SSSR count). The van der Waals surface area contributed by atoms with Crippen molar-refractivity contribution < 1.29 is 9.90 Å². The number of benzene rings is 2. The van der Waals surface area contributed by atoms with Gasteiger partial charge in [0.1, 0.15) is 0 Å². The lowest BCUT2D eigenvalue weighted by atomic mass is 9.79. The highest BCUT2D eigenvalue weighted by atomic mass is 16.3. The maximum absolute atomic E-state index is 13.4. The average molecular weight is 447 g/mol. The van der Waals surface area contributed by atoms with Crippen LogP contribution in [0.4, 0.5) is 0 Å². The van der Waals surface area contributed by atoms with Crippen LogP contribution in [0.1, 0.15) is 63.1 Å². The lowest BCUT2D eigenvalue weighted by Gasteiger charge is -2.33. The molecule has 176 valence electrons. The molecule has 0 aromatic heterocycles. The van der Waals surface area contributed by atoms with Gasteiger partial charge in [0, 0.05) is 31.6 Å². The highest BCUT2D eigenvalue weighted by molar-refractivity contribution is 5.87. The number of aliphatic hydroxyl groups is 1. The van der Waals surface area contributed by atoms with E-state index < -0.39 is 5.60 Å². The van der Waals surface area contributed by atoms with Gasteiger partial charge in [0.05, 0.1) is 0 Å². The summed E-state index contributed by atoms with van der Waals surface area (Å²) in [6, 6.07) is 18.8. The normalized spacial score (nSPS) is 27.2. The van der Waals surface area contributed by atoms with E-state index in [0.29, 0.717) is 11.8 Å². The number of rotatable bonds is 6. The Morgan fingerprint density at radius 1 is 0.939 bits per heavy atom. The number of hydrogen-bond donors (Lipinski definition) is 2. The second-order valence-electron chi connectivity index (χ2n) is 11.6. The number of amides is 1. The van der Waals surface area contributed by atoms with Gasteiger partial charge in [-0.3, -0.25) is 9.69 Å². The van der Waals surface area contributed by atoms with Crippen LogP contribution in [0.15, 0.2) is 54.6 Å². The van der Waals surface area contributed by atoms with Crippen molar-refractivity contribution in [2.75, 3.05) is 13.1 Å². The van der Waals surface area contributed by atoms with Crippen molar-refractivity contribution in [1.29, 1.82) is 0 Å². The molecule has 1 amide bonds. The zero-order valence-corrected chi connectivity index (χ0v) is 20.3. The van der Waals surface area contributed by atoms with Gasteiger partial charge in [-0.15, -0.1) is 0 Å². The lowest BCUT2D eigenvalue weighted by Crippen LogP contribution is -2.50. The van der Waals surface area contributed by atoms with Crippen LogP contribution in [0.25, 0.3) is 0 Å². The van der Waals surface area contributed by atoms with Crippen molar-refractivity contribution in [1.82, 2.24) is 10.2 Å². The number of carbonyl (C=O) groups excluding carboxylic acids is 1. The van der Waals surface area contributed by atoms with Crippen LogP contribution in [0.5, 0.6) is 0 Å². The van der Waals surface area contributed by atoms with Crippen LogP contribution in [-0.2, 0) is 22.4 Å². The zero-order valence-electron chi connectivity index (χ0n) is 20.3. The Hall–Kier alpha value is -2.17. The van der Waals surface area contributed by atoms with Crippen LogP contribution < -0.4 is 5.32 Å². The molecule has 2 saturated carbocycles. The number of likely N-dealkylation sites (tertiary alicyclic amines) is 1. The molecule has 2 aromatic carbocycles. The van der Waals surface area contributed by atoms with Crippen molar-refractivity contribution in [2.24, 2.45) is 17.8 Å². The Balaban J connectivity index is 1.19. The molecule has 33 heavy (non-hydrogen) atoms. The quantitative estimate of drug-likeness (QED) is 0.681. The number of hydrogen-bond acceptors (Lipinski definition) is 3. The van der Waals surface area contributed by atoms with Gasteiger partial charge >= 0.3 is 0 Å². The summed E-state index contributed by atoms with van der Waals surface area (Å²) in [4.78, 5) is 15.9.